The molecular weight excluding hydrogens is 399 g/mol. The van der Waals surface area contributed by atoms with E-state index in [4.69, 9.17) is 28.9 Å². The van der Waals surface area contributed by atoms with Crippen molar-refractivity contribution in [2.75, 3.05) is 0 Å². The number of allylic oxidation sites excluding steroid dienone is 2. The van der Waals surface area contributed by atoms with E-state index in [0.29, 0.717) is 10.0 Å². The highest BCUT2D eigenvalue weighted by molar-refractivity contribution is 6.44. The van der Waals surface area contributed by atoms with Crippen molar-refractivity contribution < 1.29 is 0 Å². The van der Waals surface area contributed by atoms with Crippen LogP contribution in [-0.4, -0.2) is 11.3 Å². The molecule has 0 aromatic heterocycles. The second-order valence-electron chi connectivity index (χ2n) is 7.87. The molecule has 0 heterocycles. The molecule has 1 rings (SSSR count). The average molecular weight is 440 g/mol. The summed E-state index contributed by atoms with van der Waals surface area (Å²) in [5, 5.41) is 1.06. The van der Waals surface area contributed by atoms with Crippen LogP contribution in [0.5, 0.6) is 0 Å². The van der Waals surface area contributed by atoms with Crippen LogP contribution < -0.4 is 5.73 Å². The Morgan fingerprint density at radius 1 is 1.10 bits per heavy atom. The molecule has 0 spiro atoms. The lowest BCUT2D eigenvalue weighted by Gasteiger charge is -2.23. The fraction of sp³-hybridized carbons (Fsp3) is 0.560. The topological polar surface area (TPSA) is 38.4 Å². The van der Waals surface area contributed by atoms with E-state index in [0.717, 1.165) is 36.1 Å². The zero-order valence-corrected chi connectivity index (χ0v) is 20.8. The first kappa shape index (κ1) is 27.9. The third-order valence-electron chi connectivity index (χ3n) is 4.86. The van der Waals surface area contributed by atoms with E-state index in [1.54, 1.807) is 6.07 Å². The lowest BCUT2D eigenvalue weighted by Crippen LogP contribution is -2.35. The quantitative estimate of drug-likeness (QED) is 0.364. The minimum atomic E-state index is 0.102. The standard InChI is InChI=1S/C16H19Cl2N.C9H21N/c1-5-11(3)10-19-16(12(4)6-2)13-8-7-9-14(17)15(13)18;1-4-6-8-9(3,10)7-5-2/h7-10H,4-6H2,1-3H3;4-8,10H2,1-3H3/b11-10-,19-16?;. The number of unbranched alkanes of at least 4 members (excludes halogenated alkanes) is 1. The maximum Gasteiger partial charge on any atom is 0.0743 e. The van der Waals surface area contributed by atoms with Crippen molar-refractivity contribution in [2.45, 2.75) is 92.0 Å². The SMILES string of the molecule is C=C(CC)C(=N/C=C(/C)CC)c1cccc(Cl)c1Cl.CCCCC(C)(N)CCC. The Morgan fingerprint density at radius 2 is 1.76 bits per heavy atom. The second kappa shape index (κ2) is 14.8. The number of nitrogens with zero attached hydrogens (tertiary/aromatic N) is 1. The average Bonchev–Trinajstić information content (AvgIpc) is 2.69. The van der Waals surface area contributed by atoms with Gasteiger partial charge in [-0.15, -0.1) is 0 Å². The number of aliphatic imine (C=N–C) groups is 1. The third-order valence-corrected chi connectivity index (χ3v) is 5.68. The van der Waals surface area contributed by atoms with E-state index < -0.39 is 0 Å². The first-order valence-corrected chi connectivity index (χ1v) is 11.5. The van der Waals surface area contributed by atoms with Crippen LogP contribution in [0.15, 0.2) is 47.1 Å². The summed E-state index contributed by atoms with van der Waals surface area (Å²) in [6.07, 6.45) is 9.73. The maximum atomic E-state index is 6.26. The highest BCUT2D eigenvalue weighted by atomic mass is 35.5. The molecular formula is C25H40Cl2N2. The van der Waals surface area contributed by atoms with Crippen LogP contribution in [0.25, 0.3) is 0 Å². The van der Waals surface area contributed by atoms with Gasteiger partial charge in [0.1, 0.15) is 0 Å². The number of hydrogen-bond acceptors (Lipinski definition) is 2. The number of halogens is 2. The highest BCUT2D eigenvalue weighted by Gasteiger charge is 2.15. The monoisotopic (exact) mass is 438 g/mol. The van der Waals surface area contributed by atoms with Gasteiger partial charge in [0.15, 0.2) is 0 Å². The van der Waals surface area contributed by atoms with E-state index in [2.05, 4.69) is 46.2 Å². The third kappa shape index (κ3) is 11.0. The van der Waals surface area contributed by atoms with Gasteiger partial charge in [0.05, 0.1) is 15.8 Å². The molecule has 0 aliphatic carbocycles. The van der Waals surface area contributed by atoms with Gasteiger partial charge in [0, 0.05) is 17.3 Å². The summed E-state index contributed by atoms with van der Waals surface area (Å²) in [6.45, 7) is 16.8. The summed E-state index contributed by atoms with van der Waals surface area (Å²) in [5.74, 6) is 0. The summed E-state index contributed by atoms with van der Waals surface area (Å²) in [7, 11) is 0. The molecule has 0 radical (unpaired) electrons. The lowest BCUT2D eigenvalue weighted by molar-refractivity contribution is 0.384. The van der Waals surface area contributed by atoms with Gasteiger partial charge in [0.2, 0.25) is 0 Å². The molecule has 2 nitrogen and oxygen atoms in total. The Hall–Kier alpha value is -1.09. The molecule has 29 heavy (non-hydrogen) atoms. The van der Waals surface area contributed by atoms with Gasteiger partial charge in [-0.05, 0) is 51.2 Å². The van der Waals surface area contributed by atoms with Crippen molar-refractivity contribution in [1.82, 2.24) is 0 Å². The maximum absolute atomic E-state index is 6.26. The highest BCUT2D eigenvalue weighted by Crippen LogP contribution is 2.28. The molecule has 0 fully saturated rings. The normalized spacial score (nSPS) is 14.1. The molecule has 4 heteroatoms. The fourth-order valence-corrected chi connectivity index (χ4v) is 3.14. The smallest absolute Gasteiger partial charge is 0.0743 e. The van der Waals surface area contributed by atoms with E-state index in [-0.39, 0.29) is 5.54 Å². The van der Waals surface area contributed by atoms with Crippen molar-refractivity contribution in [2.24, 2.45) is 10.7 Å². The number of nitrogens with two attached hydrogens (primary N) is 1. The van der Waals surface area contributed by atoms with Crippen LogP contribution in [-0.2, 0) is 0 Å². The van der Waals surface area contributed by atoms with E-state index in [9.17, 15) is 0 Å². The molecule has 1 atom stereocenters. The molecule has 1 aromatic carbocycles. The summed E-state index contributed by atoms with van der Waals surface area (Å²) in [4.78, 5) is 4.55. The van der Waals surface area contributed by atoms with E-state index in [1.165, 1.54) is 31.3 Å². The zero-order valence-electron chi connectivity index (χ0n) is 19.2. The van der Waals surface area contributed by atoms with Gasteiger partial charge in [-0.1, -0.05) is 94.4 Å². The van der Waals surface area contributed by atoms with Gasteiger partial charge < -0.3 is 5.73 Å². The lowest BCUT2D eigenvalue weighted by atomic mass is 9.91. The first-order valence-electron chi connectivity index (χ1n) is 10.8. The molecule has 1 aromatic rings. The Bertz CT molecular complexity index is 688. The molecule has 0 saturated carbocycles. The van der Waals surface area contributed by atoms with Crippen molar-refractivity contribution >= 4 is 28.9 Å². The predicted molar refractivity (Wildman–Crippen MR) is 134 cm³/mol. The Labute approximate surface area is 189 Å². The van der Waals surface area contributed by atoms with Crippen molar-refractivity contribution in [3.8, 4) is 0 Å². The molecule has 2 N–H and O–H groups in total. The number of hydrogen-bond donors (Lipinski definition) is 1. The minimum Gasteiger partial charge on any atom is -0.325 e. The Balaban J connectivity index is 0.000000665. The summed E-state index contributed by atoms with van der Waals surface area (Å²) >= 11 is 12.3. The van der Waals surface area contributed by atoms with Crippen LogP contribution in [0.1, 0.15) is 92.1 Å². The summed E-state index contributed by atoms with van der Waals surface area (Å²) in [5.41, 5.74) is 9.91. The molecule has 0 aliphatic heterocycles. The summed E-state index contributed by atoms with van der Waals surface area (Å²) < 4.78 is 0. The van der Waals surface area contributed by atoms with E-state index in [1.807, 2.05) is 25.3 Å². The minimum absolute atomic E-state index is 0.102. The molecule has 0 aliphatic rings. The van der Waals surface area contributed by atoms with Crippen LogP contribution in [0.3, 0.4) is 0 Å². The molecule has 1 unspecified atom stereocenters. The summed E-state index contributed by atoms with van der Waals surface area (Å²) in [6, 6.07) is 5.56. The van der Waals surface area contributed by atoms with E-state index >= 15 is 0 Å². The predicted octanol–water partition coefficient (Wildman–Crippen LogP) is 8.76. The Kier molecular flexibility index (Phi) is 14.3. The van der Waals surface area contributed by atoms with Crippen LogP contribution in [0.2, 0.25) is 10.0 Å². The molecule has 0 amide bonds. The van der Waals surface area contributed by atoms with Gasteiger partial charge in [-0.2, -0.15) is 0 Å². The van der Waals surface area contributed by atoms with Crippen molar-refractivity contribution in [1.29, 1.82) is 0 Å². The molecule has 0 saturated heterocycles. The van der Waals surface area contributed by atoms with Gasteiger partial charge in [0.25, 0.3) is 0 Å². The largest absolute Gasteiger partial charge is 0.325 e. The molecule has 164 valence electrons. The zero-order chi connectivity index (χ0) is 22.4. The van der Waals surface area contributed by atoms with Gasteiger partial charge in [-0.3, -0.25) is 4.99 Å². The van der Waals surface area contributed by atoms with Gasteiger partial charge in [-0.25, -0.2) is 0 Å². The Morgan fingerprint density at radius 3 is 2.28 bits per heavy atom. The van der Waals surface area contributed by atoms with Crippen LogP contribution >= 0.6 is 23.2 Å². The van der Waals surface area contributed by atoms with Crippen LogP contribution in [0, 0.1) is 0 Å². The van der Waals surface area contributed by atoms with Gasteiger partial charge >= 0.3 is 0 Å². The van der Waals surface area contributed by atoms with Crippen molar-refractivity contribution in [3.63, 3.8) is 0 Å². The number of rotatable bonds is 10. The van der Waals surface area contributed by atoms with Crippen LogP contribution in [0.4, 0.5) is 0 Å². The molecule has 0 bridgehead atoms. The first-order chi connectivity index (χ1) is 13.6. The van der Waals surface area contributed by atoms with Crippen molar-refractivity contribution in [3.05, 3.63) is 57.7 Å². The number of benzene rings is 1. The second-order valence-corrected chi connectivity index (χ2v) is 8.66. The fourth-order valence-electron chi connectivity index (χ4n) is 2.75.